The van der Waals surface area contributed by atoms with Crippen LogP contribution in [0, 0.1) is 13.8 Å². The number of hydrogen-bond donors (Lipinski definition) is 0. The van der Waals surface area contributed by atoms with Gasteiger partial charge < -0.3 is 14.4 Å². The summed E-state index contributed by atoms with van der Waals surface area (Å²) in [6.45, 7) is 5.18. The van der Waals surface area contributed by atoms with E-state index in [2.05, 4.69) is 20.1 Å². The molecule has 1 saturated heterocycles. The van der Waals surface area contributed by atoms with E-state index in [0.29, 0.717) is 41.8 Å². The van der Waals surface area contributed by atoms with Crippen molar-refractivity contribution in [3.63, 3.8) is 0 Å². The first-order valence-electron chi connectivity index (χ1n) is 11.9. The van der Waals surface area contributed by atoms with Crippen molar-refractivity contribution in [2.24, 2.45) is 0 Å². The molecule has 0 bridgehead atoms. The minimum Gasteiger partial charge on any atom is -0.493 e. The molecular formula is C27H28N6O3. The van der Waals surface area contributed by atoms with Gasteiger partial charge in [-0.05, 0) is 57.0 Å². The zero-order valence-electron chi connectivity index (χ0n) is 20.6. The maximum atomic E-state index is 13.3. The molecule has 1 amide bonds. The van der Waals surface area contributed by atoms with E-state index >= 15 is 0 Å². The molecule has 4 heterocycles. The second-order valence-corrected chi connectivity index (χ2v) is 8.87. The van der Waals surface area contributed by atoms with Gasteiger partial charge in [0.25, 0.3) is 5.91 Å². The van der Waals surface area contributed by atoms with Gasteiger partial charge in [0, 0.05) is 37.1 Å². The molecule has 1 aliphatic heterocycles. The molecule has 1 fully saturated rings. The summed E-state index contributed by atoms with van der Waals surface area (Å²) in [7, 11) is 1.60. The summed E-state index contributed by atoms with van der Waals surface area (Å²) in [6, 6.07) is 13.0. The van der Waals surface area contributed by atoms with Gasteiger partial charge in [0.1, 0.15) is 0 Å². The van der Waals surface area contributed by atoms with Crippen LogP contribution in [0.1, 0.15) is 46.2 Å². The van der Waals surface area contributed by atoms with E-state index < -0.39 is 0 Å². The summed E-state index contributed by atoms with van der Waals surface area (Å²) in [5.74, 6) is 2.31. The molecule has 184 valence electrons. The molecular weight excluding hydrogens is 456 g/mol. The maximum Gasteiger partial charge on any atom is 0.255 e. The largest absolute Gasteiger partial charge is 0.493 e. The third-order valence-corrected chi connectivity index (χ3v) is 6.26. The van der Waals surface area contributed by atoms with Crippen molar-refractivity contribution in [2.75, 3.05) is 20.2 Å². The average Bonchev–Trinajstić information content (AvgIpc) is 3.26. The van der Waals surface area contributed by atoms with Crippen LogP contribution in [0.5, 0.6) is 17.4 Å². The van der Waals surface area contributed by atoms with Gasteiger partial charge in [-0.15, -0.1) is 0 Å². The second-order valence-electron chi connectivity index (χ2n) is 8.87. The molecule has 0 spiro atoms. The van der Waals surface area contributed by atoms with E-state index in [1.54, 1.807) is 30.4 Å². The molecule has 0 saturated carbocycles. The Kier molecular flexibility index (Phi) is 6.62. The number of amides is 1. The normalized spacial score (nSPS) is 15.5. The lowest BCUT2D eigenvalue weighted by Gasteiger charge is -2.32. The predicted octanol–water partition coefficient (Wildman–Crippen LogP) is 4.49. The minimum absolute atomic E-state index is 0.0403. The number of carbonyl (C=O) groups excluding carboxylic acids is 1. The van der Waals surface area contributed by atoms with Gasteiger partial charge in [-0.2, -0.15) is 5.10 Å². The van der Waals surface area contributed by atoms with Crippen LogP contribution in [-0.2, 0) is 0 Å². The van der Waals surface area contributed by atoms with Crippen LogP contribution < -0.4 is 9.47 Å². The SMILES string of the molecule is COc1ccccc1Oc1cncc([C@H]2CCCN(C(=O)c3ccc(-n4nc(C)cc4C)nc3)C2)n1. The Morgan fingerprint density at radius 3 is 2.61 bits per heavy atom. The third-order valence-electron chi connectivity index (χ3n) is 6.26. The number of para-hydroxylation sites is 2. The summed E-state index contributed by atoms with van der Waals surface area (Å²) in [5.41, 5.74) is 3.28. The monoisotopic (exact) mass is 484 g/mol. The number of benzene rings is 1. The van der Waals surface area contributed by atoms with E-state index in [1.807, 2.05) is 61.2 Å². The summed E-state index contributed by atoms with van der Waals surface area (Å²) >= 11 is 0. The van der Waals surface area contributed by atoms with E-state index in [-0.39, 0.29) is 11.8 Å². The highest BCUT2D eigenvalue weighted by Crippen LogP contribution is 2.32. The molecule has 36 heavy (non-hydrogen) atoms. The molecule has 3 aromatic heterocycles. The molecule has 4 aromatic rings. The summed E-state index contributed by atoms with van der Waals surface area (Å²) < 4.78 is 13.1. The summed E-state index contributed by atoms with van der Waals surface area (Å²) in [5, 5.41) is 4.46. The van der Waals surface area contributed by atoms with Gasteiger partial charge >= 0.3 is 0 Å². The highest BCUT2D eigenvalue weighted by molar-refractivity contribution is 5.94. The van der Waals surface area contributed by atoms with Gasteiger partial charge in [0.2, 0.25) is 5.88 Å². The average molecular weight is 485 g/mol. The highest BCUT2D eigenvalue weighted by Gasteiger charge is 2.27. The van der Waals surface area contributed by atoms with Crippen molar-refractivity contribution in [1.82, 2.24) is 29.6 Å². The fourth-order valence-electron chi connectivity index (χ4n) is 4.51. The number of methoxy groups -OCH3 is 1. The number of carbonyl (C=O) groups is 1. The van der Waals surface area contributed by atoms with E-state index in [9.17, 15) is 4.79 Å². The van der Waals surface area contributed by atoms with Crippen LogP contribution in [0.2, 0.25) is 0 Å². The lowest BCUT2D eigenvalue weighted by molar-refractivity contribution is 0.0705. The molecule has 0 aliphatic carbocycles. The number of likely N-dealkylation sites (tertiary alicyclic amines) is 1. The van der Waals surface area contributed by atoms with Gasteiger partial charge in [0.15, 0.2) is 17.3 Å². The first-order chi connectivity index (χ1) is 17.5. The van der Waals surface area contributed by atoms with Crippen LogP contribution in [-0.4, -0.2) is 55.7 Å². The second kappa shape index (κ2) is 10.2. The number of aryl methyl sites for hydroxylation is 2. The maximum absolute atomic E-state index is 13.3. The van der Waals surface area contributed by atoms with Gasteiger partial charge in [-0.1, -0.05) is 12.1 Å². The Labute approximate surface area is 209 Å². The molecule has 1 aromatic carbocycles. The fraction of sp³-hybridized carbons (Fsp3) is 0.296. The molecule has 9 heteroatoms. The Morgan fingerprint density at radius 2 is 1.89 bits per heavy atom. The summed E-state index contributed by atoms with van der Waals surface area (Å²) in [4.78, 5) is 28.6. The van der Waals surface area contributed by atoms with Crippen LogP contribution in [0.25, 0.3) is 5.82 Å². The molecule has 0 unspecified atom stereocenters. The zero-order valence-corrected chi connectivity index (χ0v) is 20.6. The number of hydrogen-bond acceptors (Lipinski definition) is 7. The smallest absolute Gasteiger partial charge is 0.255 e. The number of rotatable bonds is 6. The van der Waals surface area contributed by atoms with E-state index in [1.165, 1.54) is 0 Å². The van der Waals surface area contributed by atoms with Crippen molar-refractivity contribution < 1.29 is 14.3 Å². The topological polar surface area (TPSA) is 95.3 Å². The lowest BCUT2D eigenvalue weighted by atomic mass is 9.94. The van der Waals surface area contributed by atoms with Crippen molar-refractivity contribution in [2.45, 2.75) is 32.6 Å². The number of pyridine rings is 1. The quantitative estimate of drug-likeness (QED) is 0.398. The van der Waals surface area contributed by atoms with Gasteiger partial charge in [-0.3, -0.25) is 9.78 Å². The lowest BCUT2D eigenvalue weighted by Crippen LogP contribution is -2.39. The van der Waals surface area contributed by atoms with Crippen LogP contribution in [0.4, 0.5) is 0 Å². The number of aromatic nitrogens is 5. The Morgan fingerprint density at radius 1 is 1.06 bits per heavy atom. The standard InChI is InChI=1S/C27H28N6O3/c1-18-13-19(2)33(31-18)25-11-10-20(14-29-25)27(34)32-12-6-7-21(17-32)22-15-28-16-26(30-22)36-24-9-5-4-8-23(24)35-3/h4-5,8-11,13-16,21H,6-7,12,17H2,1-3H3/t21-/m0/s1. The molecule has 1 aliphatic rings. The molecule has 0 radical (unpaired) electrons. The minimum atomic E-state index is -0.0403. The van der Waals surface area contributed by atoms with Crippen molar-refractivity contribution in [1.29, 1.82) is 0 Å². The van der Waals surface area contributed by atoms with Gasteiger partial charge in [0.05, 0.1) is 30.3 Å². The number of ether oxygens (including phenoxy) is 2. The Bertz CT molecular complexity index is 1370. The predicted molar refractivity (Wildman–Crippen MR) is 134 cm³/mol. The fourth-order valence-corrected chi connectivity index (χ4v) is 4.51. The molecule has 0 N–H and O–H groups in total. The van der Waals surface area contributed by atoms with Crippen molar-refractivity contribution in [3.05, 3.63) is 83.7 Å². The van der Waals surface area contributed by atoms with Crippen LogP contribution >= 0.6 is 0 Å². The van der Waals surface area contributed by atoms with Crippen LogP contribution in [0.3, 0.4) is 0 Å². The third kappa shape index (κ3) is 4.91. The van der Waals surface area contributed by atoms with E-state index in [4.69, 9.17) is 9.47 Å². The number of piperidine rings is 1. The zero-order chi connectivity index (χ0) is 25.1. The Balaban J connectivity index is 1.29. The van der Waals surface area contributed by atoms with Crippen molar-refractivity contribution >= 4 is 5.91 Å². The van der Waals surface area contributed by atoms with Gasteiger partial charge in [-0.25, -0.2) is 14.6 Å². The van der Waals surface area contributed by atoms with E-state index in [0.717, 1.165) is 29.9 Å². The highest BCUT2D eigenvalue weighted by atomic mass is 16.5. The Hall–Kier alpha value is -4.27. The molecule has 9 nitrogen and oxygen atoms in total. The first-order valence-corrected chi connectivity index (χ1v) is 11.9. The van der Waals surface area contributed by atoms with Crippen molar-refractivity contribution in [3.8, 4) is 23.2 Å². The van der Waals surface area contributed by atoms with Crippen LogP contribution in [0.15, 0.2) is 61.1 Å². The molecule has 1 atom stereocenters. The first kappa shape index (κ1) is 23.5. The number of nitrogens with zero attached hydrogens (tertiary/aromatic N) is 6. The molecule has 5 rings (SSSR count). The summed E-state index contributed by atoms with van der Waals surface area (Å²) in [6.07, 6.45) is 6.76.